The van der Waals surface area contributed by atoms with Crippen molar-refractivity contribution in [2.75, 3.05) is 36.5 Å². The molecule has 1 fully saturated rings. The molecule has 0 bridgehead atoms. The Balaban J connectivity index is 1.40. The third-order valence-electron chi connectivity index (χ3n) is 6.50. The third kappa shape index (κ3) is 3.87. The van der Waals surface area contributed by atoms with Crippen LogP contribution >= 0.6 is 0 Å². The molecule has 1 aliphatic carbocycles. The molecule has 0 amide bonds. The Morgan fingerprint density at radius 3 is 2.75 bits per heavy atom. The summed E-state index contributed by atoms with van der Waals surface area (Å²) in [5.74, 6) is -0.923. The number of H-pyrrole nitrogens is 1. The Kier molecular flexibility index (Phi) is 5.40. The van der Waals surface area contributed by atoms with Crippen molar-refractivity contribution in [3.8, 4) is 0 Å². The minimum absolute atomic E-state index is 0.0648. The number of aromatic amines is 1. The van der Waals surface area contributed by atoms with Crippen LogP contribution in [0.3, 0.4) is 0 Å². The van der Waals surface area contributed by atoms with Gasteiger partial charge in [0.05, 0.1) is 37.1 Å². The molecular weight excluding hydrogens is 473 g/mol. The van der Waals surface area contributed by atoms with E-state index in [0.717, 1.165) is 6.07 Å². The van der Waals surface area contributed by atoms with Gasteiger partial charge in [-0.3, -0.25) is 0 Å². The highest BCUT2D eigenvalue weighted by atomic mass is 19.2. The van der Waals surface area contributed by atoms with Gasteiger partial charge in [-0.25, -0.2) is 23.1 Å². The maximum Gasteiger partial charge on any atom is 0.229 e. The first-order valence-corrected chi connectivity index (χ1v) is 11.6. The fourth-order valence-corrected chi connectivity index (χ4v) is 4.59. The zero-order valence-electron chi connectivity index (χ0n) is 19.4. The van der Waals surface area contributed by atoms with Crippen molar-refractivity contribution in [1.82, 2.24) is 29.5 Å². The molecule has 4 aromatic rings. The molecule has 4 heterocycles. The van der Waals surface area contributed by atoms with Crippen molar-refractivity contribution in [2.24, 2.45) is 0 Å². The summed E-state index contributed by atoms with van der Waals surface area (Å²) in [6.07, 6.45) is 7.00. The van der Waals surface area contributed by atoms with Crippen molar-refractivity contribution < 1.29 is 17.9 Å². The summed E-state index contributed by atoms with van der Waals surface area (Å²) in [5, 5.41) is 3.22. The average Bonchev–Trinajstić information content (AvgIpc) is 3.50. The van der Waals surface area contributed by atoms with E-state index in [-0.39, 0.29) is 17.9 Å². The predicted molar refractivity (Wildman–Crippen MR) is 128 cm³/mol. The highest BCUT2D eigenvalue weighted by Crippen LogP contribution is 2.34. The van der Waals surface area contributed by atoms with Crippen molar-refractivity contribution in [3.63, 3.8) is 0 Å². The molecule has 36 heavy (non-hydrogen) atoms. The van der Waals surface area contributed by atoms with Crippen molar-refractivity contribution in [2.45, 2.75) is 25.4 Å². The van der Waals surface area contributed by atoms with Crippen LogP contribution in [0.25, 0.3) is 22.2 Å². The van der Waals surface area contributed by atoms with Crippen LogP contribution in [0.1, 0.15) is 19.2 Å². The average molecular weight is 496 g/mol. The Morgan fingerprint density at radius 2 is 1.94 bits per heavy atom. The molecule has 1 aromatic carbocycles. The minimum Gasteiger partial charge on any atom is -0.378 e. The quantitative estimate of drug-likeness (QED) is 0.432. The first kappa shape index (κ1) is 22.5. The Hall–Kier alpha value is -3.93. The number of nitrogens with zero attached hydrogens (tertiary/aromatic N) is 6. The molecule has 2 aliphatic rings. The topological polar surface area (TPSA) is 96.8 Å². The van der Waals surface area contributed by atoms with Gasteiger partial charge in [-0.05, 0) is 37.6 Å². The van der Waals surface area contributed by atoms with Crippen molar-refractivity contribution >= 4 is 34.0 Å². The number of ether oxygens (including phenoxy) is 1. The molecule has 0 saturated carbocycles. The van der Waals surface area contributed by atoms with E-state index in [1.54, 1.807) is 18.5 Å². The zero-order valence-corrected chi connectivity index (χ0v) is 19.4. The lowest BCUT2D eigenvalue weighted by atomic mass is 9.93. The number of rotatable bonds is 5. The Bertz CT molecular complexity index is 1520. The van der Waals surface area contributed by atoms with Crippen molar-refractivity contribution in [1.29, 1.82) is 0 Å². The van der Waals surface area contributed by atoms with Gasteiger partial charge in [0.2, 0.25) is 5.95 Å². The lowest BCUT2D eigenvalue weighted by Crippen LogP contribution is -2.37. The maximum atomic E-state index is 14.2. The van der Waals surface area contributed by atoms with Crippen LogP contribution in [-0.4, -0.2) is 55.8 Å². The normalized spacial score (nSPS) is 20.3. The zero-order chi connectivity index (χ0) is 24.9. The molecule has 9 nitrogen and oxygen atoms in total. The van der Waals surface area contributed by atoms with E-state index in [1.165, 1.54) is 12.1 Å². The van der Waals surface area contributed by atoms with Gasteiger partial charge in [0.15, 0.2) is 28.6 Å². The number of hydrogen-bond acceptors (Lipinski definition) is 7. The fourth-order valence-electron chi connectivity index (χ4n) is 4.59. The van der Waals surface area contributed by atoms with E-state index < -0.39 is 17.2 Å². The number of imidazole rings is 2. The smallest absolute Gasteiger partial charge is 0.229 e. The van der Waals surface area contributed by atoms with Crippen LogP contribution in [0.2, 0.25) is 0 Å². The van der Waals surface area contributed by atoms with Gasteiger partial charge < -0.3 is 24.5 Å². The lowest BCUT2D eigenvalue weighted by Gasteiger charge is -2.30. The van der Waals surface area contributed by atoms with E-state index >= 15 is 0 Å². The number of anilines is 2. The number of benzene rings is 1. The van der Waals surface area contributed by atoms with Gasteiger partial charge in [-0.2, -0.15) is 9.97 Å². The minimum atomic E-state index is -0.997. The Morgan fingerprint density at radius 1 is 1.11 bits per heavy atom. The second kappa shape index (κ2) is 8.63. The molecule has 0 radical (unpaired) electrons. The fraction of sp³-hybridized carbons (Fsp3) is 0.333. The second-order valence-corrected chi connectivity index (χ2v) is 9.05. The van der Waals surface area contributed by atoms with Crippen molar-refractivity contribution in [3.05, 3.63) is 60.0 Å². The molecule has 1 atom stereocenters. The third-order valence-corrected chi connectivity index (χ3v) is 6.50. The van der Waals surface area contributed by atoms with Gasteiger partial charge in [0.1, 0.15) is 17.2 Å². The van der Waals surface area contributed by atoms with Gasteiger partial charge in [-0.15, -0.1) is 0 Å². The number of hydrogen-bond donors (Lipinski definition) is 2. The van der Waals surface area contributed by atoms with E-state index in [9.17, 15) is 13.2 Å². The van der Waals surface area contributed by atoms with Gasteiger partial charge in [0.25, 0.3) is 0 Å². The van der Waals surface area contributed by atoms with E-state index in [0.29, 0.717) is 67.0 Å². The molecule has 2 N–H and O–H groups in total. The lowest BCUT2D eigenvalue weighted by molar-refractivity contribution is 0.122. The van der Waals surface area contributed by atoms with Gasteiger partial charge >= 0.3 is 0 Å². The summed E-state index contributed by atoms with van der Waals surface area (Å²) in [6.45, 7) is 4.45. The monoisotopic (exact) mass is 496 g/mol. The molecule has 1 unspecified atom stereocenters. The first-order valence-electron chi connectivity index (χ1n) is 11.6. The summed E-state index contributed by atoms with van der Waals surface area (Å²) in [6, 6.07) is 2.50. The summed E-state index contributed by atoms with van der Waals surface area (Å²) in [5.41, 5.74) is 0.689. The first-order chi connectivity index (χ1) is 17.4. The van der Waals surface area contributed by atoms with Gasteiger partial charge in [0, 0.05) is 13.1 Å². The van der Waals surface area contributed by atoms with Crippen LogP contribution in [0, 0.1) is 11.6 Å². The molecule has 3 aromatic heterocycles. The second-order valence-electron chi connectivity index (χ2n) is 9.05. The van der Waals surface area contributed by atoms with Crippen LogP contribution in [0.5, 0.6) is 0 Å². The highest BCUT2D eigenvalue weighted by molar-refractivity contribution is 5.85. The standard InChI is InChI=1S/C24H23F3N8O/c1-24(6-2-3-14(25)11-24)35-13-29-20-21(32-23(33-22(20)35)34-7-9-36-10-8-34)28-12-17-30-16-5-4-15(26)18(27)19(16)31-17/h2-5,11,13H,6-10,12H2,1H3,(H,30,31)(H,28,32,33). The van der Waals surface area contributed by atoms with Crippen LogP contribution < -0.4 is 10.2 Å². The predicted octanol–water partition coefficient (Wildman–Crippen LogP) is 3.96. The Labute approximate surface area is 203 Å². The summed E-state index contributed by atoms with van der Waals surface area (Å²) in [4.78, 5) is 23.3. The molecule has 1 aliphatic heterocycles. The number of allylic oxidation sites excluding steroid dienone is 4. The maximum absolute atomic E-state index is 14.2. The number of morpholine rings is 1. The molecule has 6 rings (SSSR count). The van der Waals surface area contributed by atoms with Crippen LogP contribution in [-0.2, 0) is 16.8 Å². The summed E-state index contributed by atoms with van der Waals surface area (Å²) in [7, 11) is 0. The highest BCUT2D eigenvalue weighted by Gasteiger charge is 2.30. The summed E-state index contributed by atoms with van der Waals surface area (Å²) >= 11 is 0. The van der Waals surface area contributed by atoms with E-state index in [2.05, 4.69) is 20.3 Å². The number of aromatic nitrogens is 6. The summed E-state index contributed by atoms with van der Waals surface area (Å²) < 4.78 is 49.2. The van der Waals surface area contributed by atoms with E-state index in [1.807, 2.05) is 16.4 Å². The number of nitrogens with one attached hydrogen (secondary N) is 2. The molecule has 186 valence electrons. The number of halogens is 3. The molecule has 12 heteroatoms. The largest absolute Gasteiger partial charge is 0.378 e. The molecule has 0 spiro atoms. The molecular formula is C24H23F3N8O. The SMILES string of the molecule is CC1(n2cnc3c(NCc4nc5c(F)c(F)ccc5[nH]4)nc(N4CCOCC4)nc32)C=C(F)C=CC1. The molecule has 1 saturated heterocycles. The van der Waals surface area contributed by atoms with Gasteiger partial charge in [-0.1, -0.05) is 6.08 Å². The van der Waals surface area contributed by atoms with E-state index in [4.69, 9.17) is 14.7 Å². The van der Waals surface area contributed by atoms with Crippen LogP contribution in [0.4, 0.5) is 24.9 Å². The number of fused-ring (bicyclic) bond motifs is 2. The van der Waals surface area contributed by atoms with Crippen LogP contribution in [0.15, 0.2) is 42.5 Å².